The van der Waals surface area contributed by atoms with Crippen molar-refractivity contribution in [3.8, 4) is 0 Å². The van der Waals surface area contributed by atoms with Gasteiger partial charge in [0.1, 0.15) is 0 Å². The minimum absolute atomic E-state index is 0.266. The fourth-order valence-corrected chi connectivity index (χ4v) is 2.00. The Morgan fingerprint density at radius 1 is 1.15 bits per heavy atom. The molecule has 2 aromatic carbocycles. The van der Waals surface area contributed by atoms with Gasteiger partial charge in [-0.25, -0.2) is 4.79 Å². The Balaban J connectivity index is 2.25. The molecule has 0 atom stereocenters. The third-order valence-corrected chi connectivity index (χ3v) is 3.07. The van der Waals surface area contributed by atoms with E-state index in [0.29, 0.717) is 0 Å². The molecule has 0 fully saturated rings. The van der Waals surface area contributed by atoms with Crippen molar-refractivity contribution >= 4 is 17.4 Å². The van der Waals surface area contributed by atoms with Crippen LogP contribution in [0.3, 0.4) is 0 Å². The van der Waals surface area contributed by atoms with Gasteiger partial charge in [0.05, 0.1) is 11.3 Å². The van der Waals surface area contributed by atoms with Gasteiger partial charge >= 0.3 is 5.97 Å². The Bertz CT molecular complexity index is 645. The Morgan fingerprint density at radius 2 is 1.85 bits per heavy atom. The van der Waals surface area contributed by atoms with E-state index in [1.807, 2.05) is 32.0 Å². The summed E-state index contributed by atoms with van der Waals surface area (Å²) in [6, 6.07) is 15.1. The summed E-state index contributed by atoms with van der Waals surface area (Å²) in [5.74, 6) is -0.929. The van der Waals surface area contributed by atoms with Gasteiger partial charge in [0.25, 0.3) is 0 Å². The zero-order valence-electron chi connectivity index (χ0n) is 11.6. The molecule has 0 unspecified atom stereocenters. The van der Waals surface area contributed by atoms with Crippen LogP contribution in [0.1, 0.15) is 28.4 Å². The Hall–Kier alpha value is -2.42. The van der Waals surface area contributed by atoms with Crippen molar-refractivity contribution in [3.05, 3.63) is 65.2 Å². The number of carboxylic acids is 1. The second-order valence-corrected chi connectivity index (χ2v) is 4.82. The summed E-state index contributed by atoms with van der Waals surface area (Å²) in [6.07, 6.45) is 0.761. The number of carbonyl (C=O) groups is 1. The summed E-state index contributed by atoms with van der Waals surface area (Å²) in [4.78, 5) is 15.5. The lowest BCUT2D eigenvalue weighted by molar-refractivity contribution is 0.0697. The highest BCUT2D eigenvalue weighted by atomic mass is 16.4. The van der Waals surface area contributed by atoms with E-state index in [1.165, 1.54) is 5.56 Å². The van der Waals surface area contributed by atoms with Crippen molar-refractivity contribution in [2.75, 3.05) is 0 Å². The van der Waals surface area contributed by atoms with Gasteiger partial charge in [0.15, 0.2) is 0 Å². The molecule has 2 rings (SSSR count). The lowest BCUT2D eigenvalue weighted by atomic mass is 10.1. The van der Waals surface area contributed by atoms with Gasteiger partial charge < -0.3 is 5.11 Å². The number of rotatable bonds is 4. The quantitative estimate of drug-likeness (QED) is 0.850. The first kappa shape index (κ1) is 14.0. The predicted molar refractivity (Wildman–Crippen MR) is 81.1 cm³/mol. The summed E-state index contributed by atoms with van der Waals surface area (Å²) in [6.45, 7) is 3.89. The monoisotopic (exact) mass is 267 g/mol. The number of aryl methyl sites for hydroxylation is 1. The maximum atomic E-state index is 11.0. The van der Waals surface area contributed by atoms with Crippen LogP contribution in [0.5, 0.6) is 0 Å². The van der Waals surface area contributed by atoms with Gasteiger partial charge in [-0.05, 0) is 37.1 Å². The molecule has 0 spiro atoms. The van der Waals surface area contributed by atoms with Crippen LogP contribution >= 0.6 is 0 Å². The van der Waals surface area contributed by atoms with Crippen LogP contribution in [0, 0.1) is 6.92 Å². The number of benzene rings is 2. The Kier molecular flexibility index (Phi) is 4.31. The van der Waals surface area contributed by atoms with Gasteiger partial charge in [-0.1, -0.05) is 36.4 Å². The molecule has 0 bridgehead atoms. The summed E-state index contributed by atoms with van der Waals surface area (Å²) < 4.78 is 0. The lowest BCUT2D eigenvalue weighted by Gasteiger charge is -2.05. The molecule has 102 valence electrons. The highest BCUT2D eigenvalue weighted by molar-refractivity contribution is 5.91. The van der Waals surface area contributed by atoms with Gasteiger partial charge in [-0.15, -0.1) is 0 Å². The van der Waals surface area contributed by atoms with Crippen LogP contribution < -0.4 is 0 Å². The second kappa shape index (κ2) is 6.15. The van der Waals surface area contributed by atoms with E-state index in [2.05, 4.69) is 17.1 Å². The molecular weight excluding hydrogens is 250 g/mol. The summed E-state index contributed by atoms with van der Waals surface area (Å²) >= 11 is 0. The van der Waals surface area contributed by atoms with E-state index in [4.69, 9.17) is 5.11 Å². The van der Waals surface area contributed by atoms with Gasteiger partial charge in [-0.2, -0.15) is 0 Å². The predicted octanol–water partition coefficient (Wildman–Crippen LogP) is 4.03. The van der Waals surface area contributed by atoms with Crippen molar-refractivity contribution in [2.45, 2.75) is 20.3 Å². The van der Waals surface area contributed by atoms with E-state index < -0.39 is 5.97 Å². The van der Waals surface area contributed by atoms with Gasteiger partial charge in [0.2, 0.25) is 0 Å². The van der Waals surface area contributed by atoms with E-state index in [0.717, 1.165) is 23.4 Å². The van der Waals surface area contributed by atoms with Crippen molar-refractivity contribution in [3.63, 3.8) is 0 Å². The smallest absolute Gasteiger partial charge is 0.335 e. The summed E-state index contributed by atoms with van der Waals surface area (Å²) in [5, 5.41) is 9.02. The van der Waals surface area contributed by atoms with Crippen LogP contribution in [0.4, 0.5) is 5.69 Å². The van der Waals surface area contributed by atoms with Crippen LogP contribution in [0.2, 0.25) is 0 Å². The molecule has 2 aromatic rings. The Morgan fingerprint density at radius 3 is 2.50 bits per heavy atom. The molecule has 3 nitrogen and oxygen atoms in total. The molecule has 20 heavy (non-hydrogen) atoms. The molecule has 0 saturated carbocycles. The fraction of sp³-hybridized carbons (Fsp3) is 0.176. The number of hydrogen-bond acceptors (Lipinski definition) is 2. The summed E-state index contributed by atoms with van der Waals surface area (Å²) in [7, 11) is 0. The number of nitrogens with zero attached hydrogens (tertiary/aromatic N) is 1. The third kappa shape index (κ3) is 3.54. The molecule has 1 N–H and O–H groups in total. The molecule has 3 heteroatoms. The van der Waals surface area contributed by atoms with E-state index in [1.54, 1.807) is 18.2 Å². The average Bonchev–Trinajstić information content (AvgIpc) is 2.42. The van der Waals surface area contributed by atoms with Crippen LogP contribution in [0.15, 0.2) is 53.5 Å². The van der Waals surface area contributed by atoms with Crippen molar-refractivity contribution in [1.29, 1.82) is 0 Å². The number of aromatic carboxylic acids is 1. The maximum Gasteiger partial charge on any atom is 0.335 e. The average molecular weight is 267 g/mol. The highest BCUT2D eigenvalue weighted by Crippen LogP contribution is 2.21. The van der Waals surface area contributed by atoms with Crippen molar-refractivity contribution < 1.29 is 9.90 Å². The van der Waals surface area contributed by atoms with Gasteiger partial charge in [-0.3, -0.25) is 4.99 Å². The lowest BCUT2D eigenvalue weighted by Crippen LogP contribution is -1.99. The van der Waals surface area contributed by atoms with Gasteiger partial charge in [0, 0.05) is 12.1 Å². The van der Waals surface area contributed by atoms with E-state index in [-0.39, 0.29) is 5.56 Å². The number of hydrogen-bond donors (Lipinski definition) is 1. The maximum absolute atomic E-state index is 11.0. The molecular formula is C17H17NO2. The van der Waals surface area contributed by atoms with Crippen LogP contribution in [0.25, 0.3) is 0 Å². The first-order valence-electron chi connectivity index (χ1n) is 6.48. The fourth-order valence-electron chi connectivity index (χ4n) is 2.00. The molecule has 0 aliphatic rings. The van der Waals surface area contributed by atoms with E-state index in [9.17, 15) is 4.79 Å². The second-order valence-electron chi connectivity index (χ2n) is 4.82. The first-order valence-corrected chi connectivity index (χ1v) is 6.48. The number of carboxylic acid groups (broad SMARTS) is 1. The van der Waals surface area contributed by atoms with Crippen molar-refractivity contribution in [1.82, 2.24) is 0 Å². The largest absolute Gasteiger partial charge is 0.478 e. The topological polar surface area (TPSA) is 49.7 Å². The zero-order chi connectivity index (χ0) is 14.5. The molecule has 0 radical (unpaired) electrons. The van der Waals surface area contributed by atoms with E-state index >= 15 is 0 Å². The molecule has 0 aliphatic carbocycles. The Labute approximate surface area is 118 Å². The number of aliphatic imine (C=N–C) groups is 1. The standard InChI is InChI=1S/C17H17NO2/c1-12-8-9-15(17(19)20)11-16(12)18-13(2)10-14-6-4-3-5-7-14/h3-9,11H,10H2,1-2H3,(H,19,20). The minimum Gasteiger partial charge on any atom is -0.478 e. The van der Waals surface area contributed by atoms with Crippen molar-refractivity contribution in [2.24, 2.45) is 4.99 Å². The SMILES string of the molecule is CC(Cc1ccccc1)=Nc1cc(C(=O)O)ccc1C. The zero-order valence-corrected chi connectivity index (χ0v) is 11.6. The normalized spacial score (nSPS) is 11.4. The molecule has 0 aliphatic heterocycles. The first-order chi connectivity index (χ1) is 9.56. The van der Waals surface area contributed by atoms with Crippen LogP contribution in [-0.4, -0.2) is 16.8 Å². The minimum atomic E-state index is -0.929. The highest BCUT2D eigenvalue weighted by Gasteiger charge is 2.06. The summed E-state index contributed by atoms with van der Waals surface area (Å²) in [5.41, 5.74) is 4.12. The third-order valence-electron chi connectivity index (χ3n) is 3.07. The van der Waals surface area contributed by atoms with Crippen LogP contribution in [-0.2, 0) is 6.42 Å². The molecule has 0 aromatic heterocycles. The molecule has 0 saturated heterocycles. The molecule has 0 heterocycles. The molecule has 0 amide bonds.